The largest absolute Gasteiger partial charge is 0.395 e. The number of β-amino-alcohol motifs (C(OH)–C–C–N with tert-alkyl or cyclic N) is 1. The molecule has 0 aliphatic carbocycles. The number of imide groups is 1. The second kappa shape index (κ2) is 6.93. The van der Waals surface area contributed by atoms with Crippen LogP contribution in [0.5, 0.6) is 0 Å². The van der Waals surface area contributed by atoms with Gasteiger partial charge < -0.3 is 10.4 Å². The molecule has 2 rings (SSSR count). The molecule has 0 atom stereocenters. The van der Waals surface area contributed by atoms with E-state index in [9.17, 15) is 9.59 Å². The maximum Gasteiger partial charge on any atom is 0.277 e. The Morgan fingerprint density at radius 3 is 2.68 bits per heavy atom. The minimum absolute atomic E-state index is 0.0278. The van der Waals surface area contributed by atoms with Gasteiger partial charge in [0.2, 0.25) is 0 Å². The third-order valence-corrected chi connectivity index (χ3v) is 5.37. The van der Waals surface area contributed by atoms with Gasteiger partial charge >= 0.3 is 0 Å². The highest BCUT2D eigenvalue weighted by atomic mass is 127. The van der Waals surface area contributed by atoms with Gasteiger partial charge in [0.1, 0.15) is 5.70 Å². The van der Waals surface area contributed by atoms with Crippen LogP contribution in [0.4, 0.5) is 5.69 Å². The van der Waals surface area contributed by atoms with Gasteiger partial charge in [-0.05, 0) is 63.7 Å². The summed E-state index contributed by atoms with van der Waals surface area (Å²) in [6.07, 6.45) is 1.22. The topological polar surface area (TPSA) is 93.4 Å². The van der Waals surface area contributed by atoms with E-state index in [0.29, 0.717) is 11.3 Å². The SMILES string of the molecule is Cc1c(C#N)cc(I)c(NC2=CC(=O)N(CCO)C2=O)c1I. The molecule has 1 heterocycles. The molecular weight excluding hydrogens is 512 g/mol. The van der Waals surface area contributed by atoms with Crippen LogP contribution in [0, 0.1) is 25.4 Å². The van der Waals surface area contributed by atoms with Crippen LogP contribution in [0.2, 0.25) is 0 Å². The maximum atomic E-state index is 12.1. The first-order chi connectivity index (χ1) is 10.4. The third kappa shape index (κ3) is 3.11. The van der Waals surface area contributed by atoms with E-state index in [1.54, 1.807) is 6.07 Å². The number of hydrogen-bond acceptors (Lipinski definition) is 5. The van der Waals surface area contributed by atoms with Gasteiger partial charge in [-0.1, -0.05) is 0 Å². The summed E-state index contributed by atoms with van der Waals surface area (Å²) in [7, 11) is 0. The van der Waals surface area contributed by atoms with E-state index in [1.165, 1.54) is 6.08 Å². The molecule has 0 saturated carbocycles. The third-order valence-electron chi connectivity index (χ3n) is 3.18. The van der Waals surface area contributed by atoms with E-state index in [2.05, 4.69) is 56.6 Å². The zero-order chi connectivity index (χ0) is 16.4. The Hall–Kier alpha value is -1.19. The standard InChI is InChI=1S/C14H11I2N3O3/c1-7-8(6-17)4-9(15)13(12(7)16)18-10-5-11(21)19(2-3-20)14(10)22/h4-5,18,20H,2-3H2,1H3. The molecule has 114 valence electrons. The lowest BCUT2D eigenvalue weighted by Gasteiger charge is -2.16. The molecule has 0 radical (unpaired) electrons. The number of amides is 2. The highest BCUT2D eigenvalue weighted by Crippen LogP contribution is 2.32. The molecule has 1 aromatic carbocycles. The lowest BCUT2D eigenvalue weighted by Crippen LogP contribution is -2.34. The van der Waals surface area contributed by atoms with Crippen molar-refractivity contribution in [1.29, 1.82) is 5.26 Å². The molecule has 0 saturated heterocycles. The van der Waals surface area contributed by atoms with E-state index in [4.69, 9.17) is 10.4 Å². The van der Waals surface area contributed by atoms with Gasteiger partial charge in [0, 0.05) is 13.2 Å². The molecule has 1 aliphatic heterocycles. The van der Waals surface area contributed by atoms with Crippen LogP contribution in [0.3, 0.4) is 0 Å². The van der Waals surface area contributed by atoms with Gasteiger partial charge in [0.15, 0.2) is 0 Å². The summed E-state index contributed by atoms with van der Waals surface area (Å²) in [6, 6.07) is 3.86. The van der Waals surface area contributed by atoms with E-state index in [1.807, 2.05) is 6.92 Å². The number of aliphatic hydroxyl groups is 1. The second-order valence-corrected chi connectivity index (χ2v) is 6.77. The zero-order valence-electron chi connectivity index (χ0n) is 11.5. The van der Waals surface area contributed by atoms with Gasteiger partial charge in [-0.3, -0.25) is 14.5 Å². The lowest BCUT2D eigenvalue weighted by molar-refractivity contribution is -0.137. The number of carbonyl (C=O) groups is 2. The van der Waals surface area contributed by atoms with Gasteiger partial charge in [-0.25, -0.2) is 0 Å². The molecule has 0 unspecified atom stereocenters. The summed E-state index contributed by atoms with van der Waals surface area (Å²) in [5.74, 6) is -0.912. The number of carbonyl (C=O) groups excluding carboxylic acids is 2. The van der Waals surface area contributed by atoms with Crippen molar-refractivity contribution in [3.63, 3.8) is 0 Å². The van der Waals surface area contributed by atoms with Gasteiger partial charge in [0.05, 0.1) is 30.5 Å². The quantitative estimate of drug-likeness (QED) is 0.464. The van der Waals surface area contributed by atoms with Crippen molar-refractivity contribution in [2.24, 2.45) is 0 Å². The summed E-state index contributed by atoms with van der Waals surface area (Å²) in [6.45, 7) is 1.53. The number of benzene rings is 1. The average molecular weight is 523 g/mol. The minimum Gasteiger partial charge on any atom is -0.395 e. The molecule has 8 heteroatoms. The molecule has 0 aromatic heterocycles. The first kappa shape index (κ1) is 17.2. The maximum absolute atomic E-state index is 12.1. The van der Waals surface area contributed by atoms with Crippen LogP contribution >= 0.6 is 45.2 Å². The fraction of sp³-hybridized carbons (Fsp3) is 0.214. The van der Waals surface area contributed by atoms with Gasteiger partial charge in [0.25, 0.3) is 11.8 Å². The highest BCUT2D eigenvalue weighted by molar-refractivity contribution is 14.1. The molecule has 22 heavy (non-hydrogen) atoms. The lowest BCUT2D eigenvalue weighted by atomic mass is 10.1. The molecule has 2 N–H and O–H groups in total. The Kier molecular flexibility index (Phi) is 5.41. The number of anilines is 1. The van der Waals surface area contributed by atoms with Crippen LogP contribution in [0.1, 0.15) is 11.1 Å². The second-order valence-electron chi connectivity index (χ2n) is 4.53. The zero-order valence-corrected chi connectivity index (χ0v) is 15.8. The monoisotopic (exact) mass is 523 g/mol. The van der Waals surface area contributed by atoms with E-state index < -0.39 is 11.8 Å². The number of hydrogen-bond donors (Lipinski definition) is 2. The first-order valence-corrected chi connectivity index (χ1v) is 8.40. The van der Waals surface area contributed by atoms with Crippen molar-refractivity contribution < 1.29 is 14.7 Å². The molecule has 0 fully saturated rings. The number of nitriles is 1. The summed E-state index contributed by atoms with van der Waals surface area (Å²) in [5, 5.41) is 21.0. The Balaban J connectivity index is 2.35. The predicted octanol–water partition coefficient (Wildman–Crippen LogP) is 1.73. The highest BCUT2D eigenvalue weighted by Gasteiger charge is 2.31. The molecular formula is C14H11I2N3O3. The minimum atomic E-state index is -0.465. The summed E-state index contributed by atoms with van der Waals surface area (Å²) >= 11 is 4.18. The Labute approximate surface area is 154 Å². The molecule has 6 nitrogen and oxygen atoms in total. The Bertz CT molecular complexity index is 738. The number of aliphatic hydroxyl groups excluding tert-OH is 1. The van der Waals surface area contributed by atoms with Crippen molar-refractivity contribution in [3.05, 3.63) is 36.1 Å². The van der Waals surface area contributed by atoms with Crippen LogP contribution in [-0.2, 0) is 9.59 Å². The van der Waals surface area contributed by atoms with Crippen molar-refractivity contribution in [3.8, 4) is 6.07 Å². The molecule has 0 spiro atoms. The predicted molar refractivity (Wildman–Crippen MR) is 96.8 cm³/mol. The average Bonchev–Trinajstić information content (AvgIpc) is 2.75. The van der Waals surface area contributed by atoms with Crippen LogP contribution in [0.25, 0.3) is 0 Å². The van der Waals surface area contributed by atoms with E-state index >= 15 is 0 Å². The number of halogens is 2. The molecule has 2 amide bonds. The molecule has 1 aliphatic rings. The van der Waals surface area contributed by atoms with Crippen LogP contribution in [-0.4, -0.2) is 35.0 Å². The van der Waals surface area contributed by atoms with Crippen molar-refractivity contribution in [2.45, 2.75) is 6.92 Å². The summed E-state index contributed by atoms with van der Waals surface area (Å²) in [5.41, 5.74) is 2.24. The summed E-state index contributed by atoms with van der Waals surface area (Å²) < 4.78 is 1.61. The van der Waals surface area contributed by atoms with Crippen LogP contribution < -0.4 is 5.32 Å². The fourth-order valence-electron chi connectivity index (χ4n) is 1.99. The normalized spacial score (nSPS) is 14.1. The Morgan fingerprint density at radius 2 is 2.09 bits per heavy atom. The number of nitrogens with one attached hydrogen (secondary N) is 1. The van der Waals surface area contributed by atoms with Gasteiger partial charge in [-0.2, -0.15) is 5.26 Å². The smallest absolute Gasteiger partial charge is 0.277 e. The fourth-order valence-corrected chi connectivity index (χ4v) is 3.94. The first-order valence-electron chi connectivity index (χ1n) is 6.24. The van der Waals surface area contributed by atoms with Crippen LogP contribution in [0.15, 0.2) is 17.8 Å². The number of rotatable bonds is 4. The van der Waals surface area contributed by atoms with Crippen molar-refractivity contribution in [1.82, 2.24) is 4.90 Å². The van der Waals surface area contributed by atoms with Crippen molar-refractivity contribution in [2.75, 3.05) is 18.5 Å². The molecule has 0 bridgehead atoms. The van der Waals surface area contributed by atoms with Gasteiger partial charge in [-0.15, -0.1) is 0 Å². The van der Waals surface area contributed by atoms with E-state index in [-0.39, 0.29) is 18.8 Å². The molecule has 1 aromatic rings. The Morgan fingerprint density at radius 1 is 1.41 bits per heavy atom. The summed E-state index contributed by atoms with van der Waals surface area (Å²) in [4.78, 5) is 24.9. The van der Waals surface area contributed by atoms with E-state index in [0.717, 1.165) is 17.6 Å². The number of nitrogens with zero attached hydrogens (tertiary/aromatic N) is 2. The van der Waals surface area contributed by atoms with Crippen molar-refractivity contribution >= 4 is 62.7 Å².